The number of hydrogen-bond acceptors (Lipinski definition) is 8. The first-order valence-corrected chi connectivity index (χ1v) is 8.10. The molecule has 0 saturated carbocycles. The Hall–Kier alpha value is -3.18. The Morgan fingerprint density at radius 2 is 1.92 bits per heavy atom. The van der Waals surface area contributed by atoms with Gasteiger partial charge in [-0.15, -0.1) is 5.10 Å². The van der Waals surface area contributed by atoms with Gasteiger partial charge in [0.05, 0.1) is 11.2 Å². The molecule has 24 heavy (non-hydrogen) atoms. The molecule has 5 N–H and O–H groups in total. The number of nitrogens with two attached hydrogens (primary N) is 2. The van der Waals surface area contributed by atoms with Crippen LogP contribution in [0.2, 0.25) is 0 Å². The largest absolute Gasteiger partial charge is 0.459 e. The molecule has 0 spiro atoms. The quantitative estimate of drug-likeness (QED) is 0.615. The second kappa shape index (κ2) is 5.79. The lowest BCUT2D eigenvalue weighted by Crippen LogP contribution is -2.15. The van der Waals surface area contributed by atoms with E-state index in [2.05, 4.69) is 15.4 Å². The number of nitrogens with zero attached hydrogens (tertiary/aromatic N) is 3. The Balaban J connectivity index is 1.82. The number of nitrogens with one attached hydrogen (secondary N) is 1. The number of hydrogen-bond donors (Lipinski definition) is 3. The van der Waals surface area contributed by atoms with Gasteiger partial charge in [-0.1, -0.05) is 0 Å². The fourth-order valence-electron chi connectivity index (χ4n) is 1.89. The van der Waals surface area contributed by atoms with E-state index >= 15 is 0 Å². The smallest absolute Gasteiger partial charge is 0.317 e. The van der Waals surface area contributed by atoms with Crippen LogP contribution in [0.25, 0.3) is 0 Å². The standard InChI is InChI=1S/C13H12N6O4S/c14-12-17-13(18-19(12)11(20)10-2-1-7-23-10)16-8-3-5-9(6-4-8)24(15,21)22/h1-7H,(H2,15,21,22)(H3,14,16,17,18). The summed E-state index contributed by atoms with van der Waals surface area (Å²) < 4.78 is 28.3. The molecule has 0 saturated heterocycles. The second-order valence-electron chi connectivity index (χ2n) is 4.68. The lowest BCUT2D eigenvalue weighted by molar-refractivity contribution is 0.0920. The van der Waals surface area contributed by atoms with Gasteiger partial charge in [0.1, 0.15) is 0 Å². The molecule has 3 rings (SSSR count). The lowest BCUT2D eigenvalue weighted by Gasteiger charge is -2.02. The van der Waals surface area contributed by atoms with Crippen molar-refractivity contribution in [2.24, 2.45) is 5.14 Å². The number of rotatable bonds is 4. The zero-order chi connectivity index (χ0) is 17.3. The summed E-state index contributed by atoms with van der Waals surface area (Å²) in [6.07, 6.45) is 1.35. The van der Waals surface area contributed by atoms with E-state index < -0.39 is 15.9 Å². The third-order valence-corrected chi connectivity index (χ3v) is 3.92. The molecule has 2 heterocycles. The molecular formula is C13H12N6O4S. The maximum atomic E-state index is 12.1. The van der Waals surface area contributed by atoms with E-state index in [0.29, 0.717) is 5.69 Å². The summed E-state index contributed by atoms with van der Waals surface area (Å²) in [5.74, 6) is -0.561. The third-order valence-electron chi connectivity index (χ3n) is 3.00. The maximum absolute atomic E-state index is 12.1. The predicted molar refractivity (Wildman–Crippen MR) is 84.0 cm³/mol. The molecule has 1 aromatic carbocycles. The summed E-state index contributed by atoms with van der Waals surface area (Å²) in [7, 11) is -3.77. The number of anilines is 3. The zero-order valence-corrected chi connectivity index (χ0v) is 12.9. The van der Waals surface area contributed by atoms with Crippen molar-refractivity contribution in [3.05, 3.63) is 48.4 Å². The monoisotopic (exact) mass is 348 g/mol. The fourth-order valence-corrected chi connectivity index (χ4v) is 2.40. The van der Waals surface area contributed by atoms with E-state index in [9.17, 15) is 13.2 Å². The molecule has 0 bridgehead atoms. The zero-order valence-electron chi connectivity index (χ0n) is 12.1. The van der Waals surface area contributed by atoms with Crippen LogP contribution in [0.5, 0.6) is 0 Å². The minimum absolute atomic E-state index is 0.0287. The second-order valence-corrected chi connectivity index (χ2v) is 6.24. The average Bonchev–Trinajstić information content (AvgIpc) is 3.16. The highest BCUT2D eigenvalue weighted by Crippen LogP contribution is 2.17. The molecule has 11 heteroatoms. The van der Waals surface area contributed by atoms with Crippen molar-refractivity contribution < 1.29 is 17.6 Å². The molecule has 0 atom stereocenters. The highest BCUT2D eigenvalue weighted by atomic mass is 32.2. The van der Waals surface area contributed by atoms with E-state index in [1.54, 1.807) is 6.07 Å². The van der Waals surface area contributed by atoms with Crippen molar-refractivity contribution in [1.29, 1.82) is 0 Å². The summed E-state index contributed by atoms with van der Waals surface area (Å²) in [5, 5.41) is 11.8. The first kappa shape index (κ1) is 15.7. The Bertz CT molecular complexity index is 976. The van der Waals surface area contributed by atoms with Gasteiger partial charge in [-0.3, -0.25) is 4.79 Å². The van der Waals surface area contributed by atoms with Gasteiger partial charge in [0, 0.05) is 5.69 Å². The van der Waals surface area contributed by atoms with Crippen LogP contribution < -0.4 is 16.2 Å². The van der Waals surface area contributed by atoms with Crippen molar-refractivity contribution in [3.8, 4) is 0 Å². The van der Waals surface area contributed by atoms with Crippen molar-refractivity contribution in [3.63, 3.8) is 0 Å². The summed E-state index contributed by atoms with van der Waals surface area (Å²) in [6, 6.07) is 8.64. The highest BCUT2D eigenvalue weighted by Gasteiger charge is 2.18. The molecule has 3 aromatic rings. The lowest BCUT2D eigenvalue weighted by atomic mass is 10.3. The molecule has 0 radical (unpaired) electrons. The van der Waals surface area contributed by atoms with Crippen molar-refractivity contribution >= 4 is 33.5 Å². The summed E-state index contributed by atoms with van der Waals surface area (Å²) in [5.41, 5.74) is 6.16. The predicted octanol–water partition coefficient (Wildman–Crippen LogP) is 0.533. The molecule has 2 aromatic heterocycles. The van der Waals surface area contributed by atoms with Crippen LogP contribution >= 0.6 is 0 Å². The Kier molecular flexibility index (Phi) is 3.79. The minimum atomic E-state index is -3.77. The number of aromatic nitrogens is 3. The number of carbonyl (C=O) groups is 1. The van der Waals surface area contributed by atoms with Gasteiger partial charge in [-0.25, -0.2) is 13.6 Å². The molecule has 0 aliphatic carbocycles. The highest BCUT2D eigenvalue weighted by molar-refractivity contribution is 7.89. The molecular weight excluding hydrogens is 336 g/mol. The number of primary sulfonamides is 1. The van der Waals surface area contributed by atoms with Crippen LogP contribution in [0.1, 0.15) is 10.6 Å². The van der Waals surface area contributed by atoms with Crippen LogP contribution in [-0.2, 0) is 10.0 Å². The van der Waals surface area contributed by atoms with Gasteiger partial charge in [0.15, 0.2) is 5.76 Å². The SMILES string of the molecule is Nc1nc(Nc2ccc(S(N)(=O)=O)cc2)nn1C(=O)c1ccco1. The molecule has 124 valence electrons. The van der Waals surface area contributed by atoms with E-state index in [1.807, 2.05) is 0 Å². The molecule has 0 unspecified atom stereocenters. The number of sulfonamides is 1. The van der Waals surface area contributed by atoms with E-state index in [1.165, 1.54) is 36.6 Å². The number of benzene rings is 1. The number of carbonyl (C=O) groups excluding carboxylic acids is 1. The Morgan fingerprint density at radius 1 is 1.21 bits per heavy atom. The summed E-state index contributed by atoms with van der Waals surface area (Å²) >= 11 is 0. The van der Waals surface area contributed by atoms with Gasteiger partial charge in [0.25, 0.3) is 0 Å². The average molecular weight is 348 g/mol. The van der Waals surface area contributed by atoms with Crippen LogP contribution in [0.3, 0.4) is 0 Å². The molecule has 0 aliphatic heterocycles. The number of nitrogen functional groups attached to an aromatic ring is 1. The summed E-state index contributed by atoms with van der Waals surface area (Å²) in [4.78, 5) is 16.0. The van der Waals surface area contributed by atoms with Gasteiger partial charge in [0.2, 0.25) is 21.9 Å². The molecule has 0 aliphatic rings. The van der Waals surface area contributed by atoms with Crippen molar-refractivity contribution in [1.82, 2.24) is 14.8 Å². The van der Waals surface area contributed by atoms with Crippen LogP contribution in [-0.4, -0.2) is 29.1 Å². The van der Waals surface area contributed by atoms with E-state index in [-0.39, 0.29) is 22.6 Å². The molecule has 10 nitrogen and oxygen atoms in total. The van der Waals surface area contributed by atoms with E-state index in [0.717, 1.165) is 4.68 Å². The van der Waals surface area contributed by atoms with Crippen molar-refractivity contribution in [2.75, 3.05) is 11.1 Å². The first-order chi connectivity index (χ1) is 11.3. The minimum Gasteiger partial charge on any atom is -0.459 e. The van der Waals surface area contributed by atoms with Crippen molar-refractivity contribution in [2.45, 2.75) is 4.90 Å². The summed E-state index contributed by atoms with van der Waals surface area (Å²) in [6.45, 7) is 0. The van der Waals surface area contributed by atoms with Gasteiger partial charge >= 0.3 is 5.91 Å². The molecule has 0 amide bonds. The first-order valence-electron chi connectivity index (χ1n) is 6.55. The Labute approximate surface area is 136 Å². The van der Waals surface area contributed by atoms with E-state index in [4.69, 9.17) is 15.3 Å². The van der Waals surface area contributed by atoms with Gasteiger partial charge < -0.3 is 15.5 Å². The number of furan rings is 1. The van der Waals surface area contributed by atoms with Gasteiger partial charge in [-0.05, 0) is 36.4 Å². The Morgan fingerprint density at radius 3 is 2.50 bits per heavy atom. The maximum Gasteiger partial charge on any atom is 0.317 e. The van der Waals surface area contributed by atoms with Crippen LogP contribution in [0, 0.1) is 0 Å². The normalized spacial score (nSPS) is 11.4. The van der Waals surface area contributed by atoms with Gasteiger partial charge in [-0.2, -0.15) is 9.67 Å². The topological polar surface area (TPSA) is 159 Å². The fraction of sp³-hybridized carbons (Fsp3) is 0. The third kappa shape index (κ3) is 3.11. The van der Waals surface area contributed by atoms with Crippen LogP contribution in [0.15, 0.2) is 52.0 Å². The van der Waals surface area contributed by atoms with Crippen LogP contribution in [0.4, 0.5) is 17.6 Å². The molecule has 0 fully saturated rings.